The molecule has 0 atom stereocenters. The number of nitrogens with one attached hydrogen (secondary N) is 1. The minimum atomic E-state index is 0.642. The molecule has 0 bridgehead atoms. The Bertz CT molecular complexity index is 362. The van der Waals surface area contributed by atoms with Crippen molar-refractivity contribution in [1.82, 2.24) is 4.90 Å². The molecule has 0 aliphatic carbocycles. The van der Waals surface area contributed by atoms with E-state index in [1.807, 2.05) is 30.4 Å². The topological polar surface area (TPSA) is 27.1 Å². The first-order chi connectivity index (χ1) is 7.86. The number of hydrogen-bond donors (Lipinski definition) is 1. The number of benzene rings is 1. The molecule has 2 nitrogen and oxygen atoms in total. The van der Waals surface area contributed by atoms with Gasteiger partial charge in [0, 0.05) is 13.1 Å². The van der Waals surface area contributed by atoms with Gasteiger partial charge in [-0.2, -0.15) is 0 Å². The number of rotatable bonds is 2. The Morgan fingerprint density at radius 3 is 2.44 bits per heavy atom. The Hall–Kier alpha value is -1.57. The van der Waals surface area contributed by atoms with Crippen LogP contribution < -0.4 is 0 Å². The number of likely N-dealkylation sites (tertiary alicyclic amines) is 1. The van der Waals surface area contributed by atoms with Gasteiger partial charge in [-0.05, 0) is 30.9 Å². The Labute approximate surface area is 97.1 Å². The Morgan fingerprint density at radius 2 is 1.75 bits per heavy atom. The lowest BCUT2D eigenvalue weighted by Crippen LogP contribution is -2.33. The number of hydrogen-bond acceptors (Lipinski definition) is 1. The van der Waals surface area contributed by atoms with Crippen LogP contribution in [0, 0.1) is 5.41 Å². The molecule has 1 heterocycles. The van der Waals surface area contributed by atoms with Gasteiger partial charge < -0.3 is 4.90 Å². The van der Waals surface area contributed by atoms with Crippen molar-refractivity contribution in [3.05, 3.63) is 42.0 Å². The van der Waals surface area contributed by atoms with Crippen LogP contribution in [0.25, 0.3) is 6.08 Å². The highest BCUT2D eigenvalue weighted by Crippen LogP contribution is 2.10. The number of nitrogens with zero attached hydrogens (tertiary/aromatic N) is 1. The highest BCUT2D eigenvalue weighted by atomic mass is 15.2. The van der Waals surface area contributed by atoms with E-state index in [4.69, 9.17) is 5.41 Å². The molecule has 1 saturated heterocycles. The van der Waals surface area contributed by atoms with Gasteiger partial charge in [-0.3, -0.25) is 5.41 Å². The summed E-state index contributed by atoms with van der Waals surface area (Å²) in [4.78, 5) is 2.16. The molecule has 0 aromatic heterocycles. The fraction of sp³-hybridized carbons (Fsp3) is 0.357. The van der Waals surface area contributed by atoms with E-state index in [1.165, 1.54) is 19.3 Å². The first-order valence-corrected chi connectivity index (χ1v) is 5.93. The maximum atomic E-state index is 7.97. The van der Waals surface area contributed by atoms with Gasteiger partial charge >= 0.3 is 0 Å². The fourth-order valence-electron chi connectivity index (χ4n) is 1.98. The lowest BCUT2D eigenvalue weighted by Gasteiger charge is -2.27. The molecule has 84 valence electrons. The molecule has 0 spiro atoms. The van der Waals surface area contributed by atoms with Crippen molar-refractivity contribution in [3.63, 3.8) is 0 Å². The van der Waals surface area contributed by atoms with Gasteiger partial charge in [0.2, 0.25) is 0 Å². The summed E-state index contributed by atoms with van der Waals surface area (Å²) in [5.41, 5.74) is 1.16. The predicted octanol–water partition coefficient (Wildman–Crippen LogP) is 3.16. The van der Waals surface area contributed by atoms with Gasteiger partial charge in [0.05, 0.1) is 0 Å². The number of amidine groups is 1. The van der Waals surface area contributed by atoms with Crippen molar-refractivity contribution in [3.8, 4) is 0 Å². The second-order valence-corrected chi connectivity index (χ2v) is 4.18. The van der Waals surface area contributed by atoms with Crippen LogP contribution in [-0.4, -0.2) is 23.8 Å². The van der Waals surface area contributed by atoms with Gasteiger partial charge in [-0.1, -0.05) is 36.4 Å². The maximum absolute atomic E-state index is 7.97. The summed E-state index contributed by atoms with van der Waals surface area (Å²) in [5, 5.41) is 7.97. The highest BCUT2D eigenvalue weighted by molar-refractivity contribution is 5.94. The van der Waals surface area contributed by atoms with Crippen LogP contribution in [0.3, 0.4) is 0 Å². The van der Waals surface area contributed by atoms with Gasteiger partial charge in [0.15, 0.2) is 0 Å². The zero-order valence-electron chi connectivity index (χ0n) is 9.52. The second-order valence-electron chi connectivity index (χ2n) is 4.18. The molecule has 1 fully saturated rings. The molecule has 1 aliphatic rings. The zero-order chi connectivity index (χ0) is 11.2. The van der Waals surface area contributed by atoms with E-state index in [1.54, 1.807) is 0 Å². The summed E-state index contributed by atoms with van der Waals surface area (Å²) in [7, 11) is 0. The lowest BCUT2D eigenvalue weighted by atomic mass is 10.1. The molecule has 2 rings (SSSR count). The molecule has 0 saturated carbocycles. The quantitative estimate of drug-likeness (QED) is 0.594. The monoisotopic (exact) mass is 214 g/mol. The summed E-state index contributed by atoms with van der Waals surface area (Å²) in [6.07, 6.45) is 7.67. The second kappa shape index (κ2) is 5.50. The molecule has 1 aromatic carbocycles. The van der Waals surface area contributed by atoms with Crippen molar-refractivity contribution in [1.29, 1.82) is 5.41 Å². The van der Waals surface area contributed by atoms with E-state index in [0.717, 1.165) is 18.7 Å². The SMILES string of the molecule is N=C(C=Cc1ccccc1)N1CCCCC1. The third kappa shape index (κ3) is 2.96. The van der Waals surface area contributed by atoms with Crippen LogP contribution in [0.2, 0.25) is 0 Å². The van der Waals surface area contributed by atoms with E-state index in [-0.39, 0.29) is 0 Å². The summed E-state index contributed by atoms with van der Waals surface area (Å²) in [6.45, 7) is 2.08. The normalized spacial score (nSPS) is 16.6. The molecular weight excluding hydrogens is 196 g/mol. The standard InChI is InChI=1S/C14H18N2/c15-14(16-11-5-2-6-12-16)10-9-13-7-3-1-4-8-13/h1,3-4,7-10,15H,2,5-6,11-12H2. The Balaban J connectivity index is 1.93. The molecule has 16 heavy (non-hydrogen) atoms. The van der Waals surface area contributed by atoms with Crippen molar-refractivity contribution < 1.29 is 0 Å². The molecule has 0 radical (unpaired) electrons. The van der Waals surface area contributed by atoms with Crippen LogP contribution in [-0.2, 0) is 0 Å². The summed E-state index contributed by atoms with van der Waals surface area (Å²) >= 11 is 0. The van der Waals surface area contributed by atoms with E-state index in [0.29, 0.717) is 5.84 Å². The average molecular weight is 214 g/mol. The molecule has 0 unspecified atom stereocenters. The van der Waals surface area contributed by atoms with Crippen LogP contribution in [0.4, 0.5) is 0 Å². The maximum Gasteiger partial charge on any atom is 0.120 e. The number of piperidine rings is 1. The third-order valence-electron chi connectivity index (χ3n) is 2.93. The van der Waals surface area contributed by atoms with Gasteiger partial charge in [-0.25, -0.2) is 0 Å². The highest BCUT2D eigenvalue weighted by Gasteiger charge is 2.10. The fourth-order valence-corrected chi connectivity index (χ4v) is 1.98. The van der Waals surface area contributed by atoms with Crippen molar-refractivity contribution in [2.45, 2.75) is 19.3 Å². The van der Waals surface area contributed by atoms with Crippen molar-refractivity contribution in [2.24, 2.45) is 0 Å². The van der Waals surface area contributed by atoms with Crippen LogP contribution in [0.15, 0.2) is 36.4 Å². The predicted molar refractivity (Wildman–Crippen MR) is 68.6 cm³/mol. The first kappa shape index (κ1) is 10.9. The Morgan fingerprint density at radius 1 is 1.06 bits per heavy atom. The smallest absolute Gasteiger partial charge is 0.120 e. The van der Waals surface area contributed by atoms with E-state index in [2.05, 4.69) is 17.0 Å². The summed E-state index contributed by atoms with van der Waals surface area (Å²) < 4.78 is 0. The lowest BCUT2D eigenvalue weighted by molar-refractivity contribution is 0.342. The van der Waals surface area contributed by atoms with Gasteiger partial charge in [0.1, 0.15) is 5.84 Å². The molecule has 0 amide bonds. The average Bonchev–Trinajstić information content (AvgIpc) is 2.38. The molecule has 1 N–H and O–H groups in total. The summed E-state index contributed by atoms with van der Waals surface area (Å²) in [6, 6.07) is 10.2. The van der Waals surface area contributed by atoms with Gasteiger partial charge in [-0.15, -0.1) is 0 Å². The molecular formula is C14H18N2. The Kier molecular flexibility index (Phi) is 3.76. The van der Waals surface area contributed by atoms with Gasteiger partial charge in [0.25, 0.3) is 0 Å². The van der Waals surface area contributed by atoms with Crippen molar-refractivity contribution >= 4 is 11.9 Å². The van der Waals surface area contributed by atoms with Crippen molar-refractivity contribution in [2.75, 3.05) is 13.1 Å². The van der Waals surface area contributed by atoms with Crippen LogP contribution in [0.5, 0.6) is 0 Å². The minimum absolute atomic E-state index is 0.642. The largest absolute Gasteiger partial charge is 0.357 e. The zero-order valence-corrected chi connectivity index (χ0v) is 9.52. The molecule has 1 aromatic rings. The first-order valence-electron chi connectivity index (χ1n) is 5.93. The minimum Gasteiger partial charge on any atom is -0.357 e. The molecule has 2 heteroatoms. The van der Waals surface area contributed by atoms with E-state index in [9.17, 15) is 0 Å². The summed E-state index contributed by atoms with van der Waals surface area (Å²) in [5.74, 6) is 0.642. The third-order valence-corrected chi connectivity index (χ3v) is 2.93. The van der Waals surface area contributed by atoms with E-state index >= 15 is 0 Å². The molecule has 1 aliphatic heterocycles. The van der Waals surface area contributed by atoms with Crippen LogP contribution >= 0.6 is 0 Å². The van der Waals surface area contributed by atoms with Crippen LogP contribution in [0.1, 0.15) is 24.8 Å². The van der Waals surface area contributed by atoms with E-state index < -0.39 is 0 Å².